The van der Waals surface area contributed by atoms with Crippen LogP contribution in [0.1, 0.15) is 20.3 Å². The molecule has 4 N–H and O–H groups in total. The fraction of sp³-hybridized carbons (Fsp3) is 0.700. The summed E-state index contributed by atoms with van der Waals surface area (Å²) in [5, 5.41) is 35.7. The highest BCUT2D eigenvalue weighted by molar-refractivity contribution is 5.81. The Balaban J connectivity index is 4.72. The Hall–Kier alpha value is -1.67. The minimum absolute atomic E-state index is 0.464. The summed E-state index contributed by atoms with van der Waals surface area (Å²) in [6.45, 7) is 3.10. The highest BCUT2D eigenvalue weighted by Crippen LogP contribution is 2.15. The standard InChI is InChI=1S/C10H16O8/c1-4(2)18-6(11)3-5(9(14)15)7(12)8(13)10(16)17/h4-5,7-8,12-13H,3H2,1-2H3,(H,14,15)(H,16,17). The van der Waals surface area contributed by atoms with Gasteiger partial charge in [0.25, 0.3) is 0 Å². The number of aliphatic hydroxyl groups is 2. The number of carboxylic acid groups (broad SMARTS) is 2. The van der Waals surface area contributed by atoms with Crippen molar-refractivity contribution >= 4 is 17.9 Å². The molecule has 0 aliphatic heterocycles. The first-order chi connectivity index (χ1) is 8.16. The molecule has 18 heavy (non-hydrogen) atoms. The first-order valence-electron chi connectivity index (χ1n) is 5.18. The fourth-order valence-corrected chi connectivity index (χ4v) is 1.21. The molecule has 0 fully saturated rings. The maximum atomic E-state index is 11.2. The maximum Gasteiger partial charge on any atom is 0.335 e. The monoisotopic (exact) mass is 264 g/mol. The molecule has 0 aromatic heterocycles. The molecule has 0 saturated carbocycles. The molecular formula is C10H16O8. The molecule has 0 heterocycles. The van der Waals surface area contributed by atoms with Crippen LogP contribution in [-0.4, -0.2) is 56.6 Å². The number of carbonyl (C=O) groups is 3. The normalized spacial score (nSPS) is 15.8. The highest BCUT2D eigenvalue weighted by Gasteiger charge is 2.37. The second-order valence-electron chi connectivity index (χ2n) is 3.96. The summed E-state index contributed by atoms with van der Waals surface area (Å²) >= 11 is 0. The minimum atomic E-state index is -2.28. The van der Waals surface area contributed by atoms with E-state index in [0.29, 0.717) is 0 Å². The van der Waals surface area contributed by atoms with Crippen LogP contribution >= 0.6 is 0 Å². The molecule has 8 nitrogen and oxygen atoms in total. The maximum absolute atomic E-state index is 11.2. The third-order valence-corrected chi connectivity index (χ3v) is 2.06. The van der Waals surface area contributed by atoms with Gasteiger partial charge < -0.3 is 25.2 Å². The average Bonchev–Trinajstić information content (AvgIpc) is 2.22. The fourth-order valence-electron chi connectivity index (χ4n) is 1.21. The molecule has 0 aliphatic rings. The van der Waals surface area contributed by atoms with Gasteiger partial charge in [-0.15, -0.1) is 0 Å². The van der Waals surface area contributed by atoms with Gasteiger partial charge in [0.05, 0.1) is 18.4 Å². The number of esters is 1. The third kappa shape index (κ3) is 5.11. The van der Waals surface area contributed by atoms with E-state index in [0.717, 1.165) is 0 Å². The summed E-state index contributed by atoms with van der Waals surface area (Å²) in [5.74, 6) is -6.01. The van der Waals surface area contributed by atoms with E-state index in [4.69, 9.17) is 15.3 Å². The Kier molecular flexibility index (Phi) is 6.28. The number of hydrogen-bond acceptors (Lipinski definition) is 6. The zero-order valence-corrected chi connectivity index (χ0v) is 9.94. The Morgan fingerprint density at radius 2 is 1.56 bits per heavy atom. The van der Waals surface area contributed by atoms with Crippen LogP contribution in [0.15, 0.2) is 0 Å². The van der Waals surface area contributed by atoms with Gasteiger partial charge in [-0.2, -0.15) is 0 Å². The van der Waals surface area contributed by atoms with E-state index >= 15 is 0 Å². The van der Waals surface area contributed by atoms with Crippen molar-refractivity contribution in [1.82, 2.24) is 0 Å². The SMILES string of the molecule is CC(C)OC(=O)CC(C(=O)O)C(O)C(O)C(=O)O. The molecular weight excluding hydrogens is 248 g/mol. The molecule has 104 valence electrons. The lowest BCUT2D eigenvalue weighted by Gasteiger charge is -2.21. The zero-order valence-electron chi connectivity index (χ0n) is 9.94. The summed E-state index contributed by atoms with van der Waals surface area (Å²) in [5.41, 5.74) is 0. The van der Waals surface area contributed by atoms with Crippen LogP contribution in [0.4, 0.5) is 0 Å². The summed E-state index contributed by atoms with van der Waals surface area (Å²) in [6, 6.07) is 0. The second kappa shape index (κ2) is 6.92. The predicted molar refractivity (Wildman–Crippen MR) is 56.6 cm³/mol. The molecule has 0 aromatic carbocycles. The quantitative estimate of drug-likeness (QED) is 0.422. The lowest BCUT2D eigenvalue weighted by molar-refractivity contribution is -0.166. The smallest absolute Gasteiger partial charge is 0.335 e. The van der Waals surface area contributed by atoms with Crippen LogP contribution in [0.5, 0.6) is 0 Å². The number of ether oxygens (including phenoxy) is 1. The van der Waals surface area contributed by atoms with Gasteiger partial charge in [-0.3, -0.25) is 9.59 Å². The van der Waals surface area contributed by atoms with E-state index in [9.17, 15) is 19.5 Å². The van der Waals surface area contributed by atoms with Crippen molar-refractivity contribution in [3.63, 3.8) is 0 Å². The van der Waals surface area contributed by atoms with E-state index in [1.165, 1.54) is 0 Å². The Morgan fingerprint density at radius 1 is 1.06 bits per heavy atom. The second-order valence-corrected chi connectivity index (χ2v) is 3.96. The Morgan fingerprint density at radius 3 is 1.89 bits per heavy atom. The Bertz CT molecular complexity index is 324. The molecule has 0 radical (unpaired) electrons. The van der Waals surface area contributed by atoms with Crippen molar-refractivity contribution in [3.8, 4) is 0 Å². The van der Waals surface area contributed by atoms with E-state index < -0.39 is 48.6 Å². The topological polar surface area (TPSA) is 141 Å². The molecule has 0 saturated heterocycles. The molecule has 3 unspecified atom stereocenters. The lowest BCUT2D eigenvalue weighted by atomic mass is 9.94. The first kappa shape index (κ1) is 16.3. The van der Waals surface area contributed by atoms with Crippen molar-refractivity contribution in [2.75, 3.05) is 0 Å². The van der Waals surface area contributed by atoms with Crippen LogP contribution in [0.3, 0.4) is 0 Å². The highest BCUT2D eigenvalue weighted by atomic mass is 16.5. The van der Waals surface area contributed by atoms with Gasteiger partial charge in [-0.25, -0.2) is 4.79 Å². The van der Waals surface area contributed by atoms with E-state index in [1.807, 2.05) is 0 Å². The largest absolute Gasteiger partial charge is 0.481 e. The van der Waals surface area contributed by atoms with Gasteiger partial charge in [0.2, 0.25) is 0 Å². The van der Waals surface area contributed by atoms with Crippen LogP contribution in [0.25, 0.3) is 0 Å². The van der Waals surface area contributed by atoms with E-state index in [2.05, 4.69) is 4.74 Å². The van der Waals surface area contributed by atoms with Crippen molar-refractivity contribution in [1.29, 1.82) is 0 Å². The number of rotatable bonds is 7. The van der Waals surface area contributed by atoms with Gasteiger partial charge in [-0.05, 0) is 13.8 Å². The lowest BCUT2D eigenvalue weighted by Crippen LogP contribution is -2.43. The van der Waals surface area contributed by atoms with Gasteiger partial charge in [0.15, 0.2) is 6.10 Å². The number of hydrogen-bond donors (Lipinski definition) is 4. The molecule has 0 aromatic rings. The summed E-state index contributed by atoms with van der Waals surface area (Å²) in [4.78, 5) is 32.5. The number of aliphatic hydroxyl groups excluding tert-OH is 2. The average molecular weight is 264 g/mol. The summed E-state index contributed by atoms with van der Waals surface area (Å²) in [7, 11) is 0. The van der Waals surface area contributed by atoms with E-state index in [-0.39, 0.29) is 0 Å². The van der Waals surface area contributed by atoms with Crippen molar-refractivity contribution in [2.24, 2.45) is 5.92 Å². The molecule has 0 aliphatic carbocycles. The zero-order chi connectivity index (χ0) is 14.5. The summed E-state index contributed by atoms with van der Waals surface area (Å²) < 4.78 is 4.68. The van der Waals surface area contributed by atoms with Gasteiger partial charge in [0, 0.05) is 0 Å². The van der Waals surface area contributed by atoms with Gasteiger partial charge in [0.1, 0.15) is 6.10 Å². The number of carboxylic acids is 2. The molecule has 0 spiro atoms. The molecule has 3 atom stereocenters. The summed E-state index contributed by atoms with van der Waals surface area (Å²) in [6.07, 6.45) is -5.56. The van der Waals surface area contributed by atoms with Gasteiger partial charge >= 0.3 is 17.9 Å². The number of aliphatic carboxylic acids is 2. The number of carbonyl (C=O) groups excluding carboxylic acids is 1. The van der Waals surface area contributed by atoms with Crippen molar-refractivity contribution in [3.05, 3.63) is 0 Å². The molecule has 0 amide bonds. The minimum Gasteiger partial charge on any atom is -0.481 e. The Labute approximate surface area is 103 Å². The van der Waals surface area contributed by atoms with Crippen LogP contribution in [0, 0.1) is 5.92 Å². The van der Waals surface area contributed by atoms with Crippen molar-refractivity contribution in [2.45, 2.75) is 38.6 Å². The molecule has 0 bridgehead atoms. The first-order valence-corrected chi connectivity index (χ1v) is 5.18. The predicted octanol–water partition coefficient (Wildman–Crippen LogP) is -1.16. The third-order valence-electron chi connectivity index (χ3n) is 2.06. The van der Waals surface area contributed by atoms with Crippen LogP contribution in [-0.2, 0) is 19.1 Å². The van der Waals surface area contributed by atoms with Crippen LogP contribution < -0.4 is 0 Å². The van der Waals surface area contributed by atoms with E-state index in [1.54, 1.807) is 13.8 Å². The molecule has 0 rings (SSSR count). The molecule has 8 heteroatoms. The van der Waals surface area contributed by atoms with Gasteiger partial charge in [-0.1, -0.05) is 0 Å². The van der Waals surface area contributed by atoms with Crippen molar-refractivity contribution < 1.29 is 39.5 Å². The van der Waals surface area contributed by atoms with Crippen LogP contribution in [0.2, 0.25) is 0 Å².